The van der Waals surface area contributed by atoms with Crippen molar-refractivity contribution in [3.63, 3.8) is 0 Å². The van der Waals surface area contributed by atoms with Crippen molar-refractivity contribution in [2.75, 3.05) is 0 Å². The number of amides is 2. The van der Waals surface area contributed by atoms with Gasteiger partial charge in [-0.15, -0.1) is 0 Å². The molecule has 0 aliphatic carbocycles. The summed E-state index contributed by atoms with van der Waals surface area (Å²) < 4.78 is 5.11. The summed E-state index contributed by atoms with van der Waals surface area (Å²) in [5.41, 5.74) is 5.67. The van der Waals surface area contributed by atoms with Crippen LogP contribution >= 0.6 is 11.6 Å². The van der Waals surface area contributed by atoms with Crippen LogP contribution in [-0.2, 0) is 11.2 Å². The van der Waals surface area contributed by atoms with Crippen molar-refractivity contribution < 1.29 is 14.1 Å². The number of aromatic nitrogens is 3. The minimum atomic E-state index is -0.498. The average molecular weight is 372 g/mol. The molecule has 9 heteroatoms. The first kappa shape index (κ1) is 17.6. The molecule has 0 saturated carbocycles. The lowest BCUT2D eigenvalue weighted by molar-refractivity contribution is -0.121. The Labute approximate surface area is 153 Å². The van der Waals surface area contributed by atoms with Gasteiger partial charge >= 0.3 is 0 Å². The first-order valence-electron chi connectivity index (χ1n) is 7.70. The summed E-state index contributed by atoms with van der Waals surface area (Å²) in [5, 5.41) is 4.16. The van der Waals surface area contributed by atoms with Gasteiger partial charge in [-0.1, -0.05) is 28.9 Å². The van der Waals surface area contributed by atoms with Gasteiger partial charge in [0.2, 0.25) is 17.6 Å². The molecule has 0 bridgehead atoms. The Morgan fingerprint density at radius 1 is 1.08 bits per heavy atom. The van der Waals surface area contributed by atoms with Crippen molar-refractivity contribution in [3.8, 4) is 11.4 Å². The standard InChI is InChI=1S/C17H14ClN5O3/c18-13-4-2-1-3-12(13)17(25)22-21-14(24)5-6-15-20-16(23-26-15)11-7-9-19-10-8-11/h1-4,7-10H,5-6H2,(H,21,24)(H,22,25). The molecule has 0 aliphatic rings. The van der Waals surface area contributed by atoms with Crippen LogP contribution in [0, 0.1) is 0 Å². The summed E-state index contributed by atoms with van der Waals surface area (Å²) in [6, 6.07) is 10.1. The monoisotopic (exact) mass is 371 g/mol. The molecule has 0 saturated heterocycles. The maximum atomic E-state index is 11.9. The molecular weight excluding hydrogens is 358 g/mol. The van der Waals surface area contributed by atoms with Gasteiger partial charge in [0.1, 0.15) is 0 Å². The van der Waals surface area contributed by atoms with Crippen LogP contribution in [-0.4, -0.2) is 26.9 Å². The number of halogens is 1. The van der Waals surface area contributed by atoms with E-state index in [0.29, 0.717) is 16.7 Å². The van der Waals surface area contributed by atoms with E-state index in [0.717, 1.165) is 5.56 Å². The van der Waals surface area contributed by atoms with Crippen molar-refractivity contribution in [3.05, 3.63) is 65.3 Å². The molecule has 1 aromatic carbocycles. The third kappa shape index (κ3) is 4.42. The Morgan fingerprint density at radius 2 is 1.85 bits per heavy atom. The number of carbonyl (C=O) groups is 2. The predicted octanol–water partition coefficient (Wildman–Crippen LogP) is 2.18. The van der Waals surface area contributed by atoms with E-state index in [1.807, 2.05) is 0 Å². The van der Waals surface area contributed by atoms with Crippen molar-refractivity contribution in [1.29, 1.82) is 0 Å². The Hall–Kier alpha value is -3.26. The SMILES string of the molecule is O=C(CCc1nc(-c2ccncc2)no1)NNC(=O)c1ccccc1Cl. The number of aryl methyl sites for hydroxylation is 1. The van der Waals surface area contributed by atoms with Gasteiger partial charge in [0.05, 0.1) is 10.6 Å². The van der Waals surface area contributed by atoms with E-state index in [9.17, 15) is 9.59 Å². The smallest absolute Gasteiger partial charge is 0.271 e. The first-order valence-corrected chi connectivity index (χ1v) is 8.08. The van der Waals surface area contributed by atoms with E-state index in [2.05, 4.69) is 26.0 Å². The summed E-state index contributed by atoms with van der Waals surface area (Å²) in [6.45, 7) is 0. The summed E-state index contributed by atoms with van der Waals surface area (Å²) in [4.78, 5) is 31.9. The third-order valence-corrected chi connectivity index (χ3v) is 3.74. The molecule has 2 aromatic heterocycles. The number of benzene rings is 1. The van der Waals surface area contributed by atoms with E-state index in [1.54, 1.807) is 48.8 Å². The van der Waals surface area contributed by atoms with Crippen LogP contribution in [0.4, 0.5) is 0 Å². The van der Waals surface area contributed by atoms with Crippen LogP contribution in [0.5, 0.6) is 0 Å². The molecule has 0 unspecified atom stereocenters. The molecule has 3 aromatic rings. The van der Waals surface area contributed by atoms with Crippen LogP contribution in [0.3, 0.4) is 0 Å². The highest BCUT2D eigenvalue weighted by atomic mass is 35.5. The molecule has 0 fully saturated rings. The maximum absolute atomic E-state index is 11.9. The number of hydrogen-bond donors (Lipinski definition) is 2. The lowest BCUT2D eigenvalue weighted by Crippen LogP contribution is -2.41. The fourth-order valence-corrected chi connectivity index (χ4v) is 2.32. The average Bonchev–Trinajstić information content (AvgIpc) is 3.14. The molecule has 26 heavy (non-hydrogen) atoms. The van der Waals surface area contributed by atoms with Crippen LogP contribution in [0.15, 0.2) is 53.3 Å². The third-order valence-electron chi connectivity index (χ3n) is 3.41. The van der Waals surface area contributed by atoms with E-state index in [-0.39, 0.29) is 18.4 Å². The van der Waals surface area contributed by atoms with Gasteiger partial charge in [-0.25, -0.2) is 0 Å². The van der Waals surface area contributed by atoms with Crippen LogP contribution in [0.2, 0.25) is 5.02 Å². The van der Waals surface area contributed by atoms with Crippen molar-refractivity contribution in [2.24, 2.45) is 0 Å². The lowest BCUT2D eigenvalue weighted by Gasteiger charge is -2.07. The fraction of sp³-hybridized carbons (Fsp3) is 0.118. The highest BCUT2D eigenvalue weighted by Gasteiger charge is 2.13. The minimum Gasteiger partial charge on any atom is -0.339 e. The van der Waals surface area contributed by atoms with E-state index in [4.69, 9.17) is 16.1 Å². The summed E-state index contributed by atoms with van der Waals surface area (Å²) >= 11 is 5.92. The second-order valence-corrected chi connectivity index (χ2v) is 5.64. The topological polar surface area (TPSA) is 110 Å². The summed E-state index contributed by atoms with van der Waals surface area (Å²) in [7, 11) is 0. The van der Waals surface area contributed by atoms with Crippen molar-refractivity contribution in [1.82, 2.24) is 26.0 Å². The molecule has 2 amide bonds. The van der Waals surface area contributed by atoms with Crippen LogP contribution in [0.25, 0.3) is 11.4 Å². The minimum absolute atomic E-state index is 0.0702. The fourth-order valence-electron chi connectivity index (χ4n) is 2.10. The Bertz CT molecular complexity index is 914. The van der Waals surface area contributed by atoms with Crippen LogP contribution < -0.4 is 10.9 Å². The summed E-state index contributed by atoms with van der Waals surface area (Å²) in [6.07, 6.45) is 3.56. The second-order valence-electron chi connectivity index (χ2n) is 5.23. The number of hydrogen-bond acceptors (Lipinski definition) is 6. The maximum Gasteiger partial charge on any atom is 0.271 e. The molecule has 3 rings (SSSR count). The molecular formula is C17H14ClN5O3. The van der Waals surface area contributed by atoms with Gasteiger partial charge < -0.3 is 4.52 Å². The summed E-state index contributed by atoms with van der Waals surface area (Å²) in [5.74, 6) is -0.144. The predicted molar refractivity (Wildman–Crippen MR) is 92.9 cm³/mol. The second kappa shape index (κ2) is 8.21. The largest absolute Gasteiger partial charge is 0.339 e. The van der Waals surface area contributed by atoms with E-state index < -0.39 is 11.8 Å². The van der Waals surface area contributed by atoms with Gasteiger partial charge in [0.15, 0.2) is 0 Å². The highest BCUT2D eigenvalue weighted by Crippen LogP contribution is 2.15. The molecule has 0 aliphatic heterocycles. The quantitative estimate of drug-likeness (QED) is 0.665. The van der Waals surface area contributed by atoms with E-state index in [1.165, 1.54) is 0 Å². The molecule has 2 heterocycles. The number of pyridine rings is 1. The zero-order valence-electron chi connectivity index (χ0n) is 13.5. The molecule has 0 radical (unpaired) electrons. The van der Waals surface area contributed by atoms with Gasteiger partial charge in [-0.05, 0) is 24.3 Å². The molecule has 0 spiro atoms. The van der Waals surface area contributed by atoms with Gasteiger partial charge in [0.25, 0.3) is 5.91 Å². The normalized spacial score (nSPS) is 10.3. The number of nitrogens with zero attached hydrogens (tertiary/aromatic N) is 3. The number of hydrazine groups is 1. The Morgan fingerprint density at radius 3 is 2.62 bits per heavy atom. The zero-order chi connectivity index (χ0) is 18.4. The lowest BCUT2D eigenvalue weighted by atomic mass is 10.2. The van der Waals surface area contributed by atoms with Gasteiger partial charge in [-0.3, -0.25) is 25.4 Å². The molecule has 8 nitrogen and oxygen atoms in total. The molecule has 132 valence electrons. The van der Waals surface area contributed by atoms with E-state index >= 15 is 0 Å². The number of nitrogens with one attached hydrogen (secondary N) is 2. The Kier molecular flexibility index (Phi) is 5.55. The van der Waals surface area contributed by atoms with Gasteiger partial charge in [-0.2, -0.15) is 4.98 Å². The van der Waals surface area contributed by atoms with Crippen molar-refractivity contribution >= 4 is 23.4 Å². The molecule has 2 N–H and O–H groups in total. The number of carbonyl (C=O) groups excluding carboxylic acids is 2. The van der Waals surface area contributed by atoms with Gasteiger partial charge in [0, 0.05) is 30.8 Å². The highest BCUT2D eigenvalue weighted by molar-refractivity contribution is 6.33. The zero-order valence-corrected chi connectivity index (χ0v) is 14.2. The Balaban J connectivity index is 1.48. The first-order chi connectivity index (χ1) is 12.6. The molecule has 0 atom stereocenters. The number of rotatable bonds is 5. The van der Waals surface area contributed by atoms with Crippen molar-refractivity contribution in [2.45, 2.75) is 12.8 Å². The van der Waals surface area contributed by atoms with Crippen LogP contribution in [0.1, 0.15) is 22.7 Å².